The molecule has 0 saturated carbocycles. The first kappa shape index (κ1) is 16.8. The molecule has 0 saturated heterocycles. The van der Waals surface area contributed by atoms with E-state index in [4.69, 9.17) is 4.74 Å². The van der Waals surface area contributed by atoms with Gasteiger partial charge >= 0.3 is 0 Å². The maximum absolute atomic E-state index is 12.3. The van der Waals surface area contributed by atoms with Crippen LogP contribution in [-0.2, 0) is 6.67 Å². The summed E-state index contributed by atoms with van der Waals surface area (Å²) in [5, 5.41) is 11.5. The number of hydrogen-bond donors (Lipinski definition) is 1. The fourth-order valence-corrected chi connectivity index (χ4v) is 2.51. The number of rotatable bonds is 6. The lowest BCUT2D eigenvalue weighted by molar-refractivity contribution is 0.102. The minimum absolute atomic E-state index is 0.253. The second-order valence-corrected chi connectivity index (χ2v) is 5.72. The van der Waals surface area contributed by atoms with E-state index in [0.29, 0.717) is 24.7 Å². The van der Waals surface area contributed by atoms with Crippen LogP contribution in [0, 0.1) is 13.8 Å². The monoisotopic (exact) mass is 339 g/mol. The molecule has 2 heterocycles. The largest absolute Gasteiger partial charge is 0.494 e. The van der Waals surface area contributed by atoms with Crippen LogP contribution in [-0.4, -0.2) is 32.1 Å². The molecule has 1 aromatic carbocycles. The van der Waals surface area contributed by atoms with Crippen LogP contribution >= 0.6 is 0 Å². The zero-order valence-corrected chi connectivity index (χ0v) is 14.6. The van der Waals surface area contributed by atoms with E-state index in [-0.39, 0.29) is 5.91 Å². The number of nitrogens with zero attached hydrogens (tertiary/aromatic N) is 4. The average molecular weight is 339 g/mol. The molecule has 7 nitrogen and oxygen atoms in total. The van der Waals surface area contributed by atoms with Crippen LogP contribution in [0.25, 0.3) is 0 Å². The zero-order valence-electron chi connectivity index (χ0n) is 14.6. The van der Waals surface area contributed by atoms with Crippen LogP contribution in [0.2, 0.25) is 0 Å². The number of aromatic nitrogens is 4. The smallest absolute Gasteiger partial charge is 0.276 e. The number of hydrogen-bond acceptors (Lipinski definition) is 4. The van der Waals surface area contributed by atoms with Crippen molar-refractivity contribution in [2.75, 3.05) is 11.9 Å². The minimum Gasteiger partial charge on any atom is -0.494 e. The van der Waals surface area contributed by atoms with E-state index in [0.717, 1.165) is 17.1 Å². The zero-order chi connectivity index (χ0) is 17.8. The van der Waals surface area contributed by atoms with Gasteiger partial charge in [0.1, 0.15) is 12.4 Å². The molecule has 0 fully saturated rings. The third-order valence-corrected chi connectivity index (χ3v) is 3.68. The van der Waals surface area contributed by atoms with E-state index in [1.807, 2.05) is 43.7 Å². The van der Waals surface area contributed by atoms with Gasteiger partial charge in [-0.05, 0) is 57.2 Å². The van der Waals surface area contributed by atoms with Crippen LogP contribution in [0.1, 0.15) is 28.8 Å². The third-order valence-electron chi connectivity index (χ3n) is 3.68. The third kappa shape index (κ3) is 4.06. The van der Waals surface area contributed by atoms with E-state index in [2.05, 4.69) is 15.5 Å². The number of anilines is 1. The Morgan fingerprint density at radius 1 is 1.16 bits per heavy atom. The number of nitrogens with one attached hydrogen (secondary N) is 1. The molecular formula is C18H21N5O2. The summed E-state index contributed by atoms with van der Waals surface area (Å²) in [5.41, 5.74) is 3.06. The van der Waals surface area contributed by atoms with E-state index >= 15 is 0 Å². The number of ether oxygens (including phenoxy) is 1. The number of aryl methyl sites for hydroxylation is 2. The normalized spacial score (nSPS) is 10.7. The lowest BCUT2D eigenvalue weighted by atomic mass is 10.3. The molecule has 0 spiro atoms. The Morgan fingerprint density at radius 2 is 1.92 bits per heavy atom. The molecule has 1 N–H and O–H groups in total. The van der Waals surface area contributed by atoms with Crippen molar-refractivity contribution in [2.24, 2.45) is 0 Å². The van der Waals surface area contributed by atoms with Gasteiger partial charge in [0, 0.05) is 17.6 Å². The van der Waals surface area contributed by atoms with Crippen molar-refractivity contribution in [3.63, 3.8) is 0 Å². The Labute approximate surface area is 146 Å². The lowest BCUT2D eigenvalue weighted by Crippen LogP contribution is -2.15. The minimum atomic E-state index is -0.253. The molecule has 3 rings (SSSR count). The molecule has 0 aliphatic carbocycles. The average Bonchev–Trinajstić information content (AvgIpc) is 3.17. The van der Waals surface area contributed by atoms with Gasteiger partial charge in [0.25, 0.3) is 5.91 Å². The molecule has 25 heavy (non-hydrogen) atoms. The molecule has 0 bridgehead atoms. The summed E-state index contributed by atoms with van der Waals surface area (Å²) in [5.74, 6) is 0.519. The molecule has 1 amide bonds. The first-order chi connectivity index (χ1) is 12.0. The Morgan fingerprint density at radius 3 is 2.56 bits per heavy atom. The van der Waals surface area contributed by atoms with Crippen molar-refractivity contribution < 1.29 is 9.53 Å². The van der Waals surface area contributed by atoms with E-state index in [1.165, 1.54) is 0 Å². The van der Waals surface area contributed by atoms with Gasteiger partial charge in [-0.15, -0.1) is 0 Å². The Kier molecular flexibility index (Phi) is 4.83. The molecular weight excluding hydrogens is 318 g/mol. The van der Waals surface area contributed by atoms with Gasteiger partial charge in [-0.2, -0.15) is 10.2 Å². The summed E-state index contributed by atoms with van der Waals surface area (Å²) in [4.78, 5) is 12.3. The summed E-state index contributed by atoms with van der Waals surface area (Å²) in [7, 11) is 0. The number of carbonyl (C=O) groups excluding carboxylic acids is 1. The van der Waals surface area contributed by atoms with Crippen molar-refractivity contribution in [3.8, 4) is 5.75 Å². The Balaban J connectivity index is 1.65. The maximum Gasteiger partial charge on any atom is 0.276 e. The van der Waals surface area contributed by atoms with Crippen molar-refractivity contribution in [1.29, 1.82) is 0 Å². The summed E-state index contributed by atoms with van der Waals surface area (Å²) in [6, 6.07) is 10.9. The molecule has 2 aromatic heterocycles. The van der Waals surface area contributed by atoms with Crippen LogP contribution in [0.5, 0.6) is 5.75 Å². The predicted molar refractivity (Wildman–Crippen MR) is 94.9 cm³/mol. The first-order valence-corrected chi connectivity index (χ1v) is 8.14. The molecule has 7 heteroatoms. The van der Waals surface area contributed by atoms with E-state index in [1.54, 1.807) is 29.1 Å². The summed E-state index contributed by atoms with van der Waals surface area (Å²) in [6.07, 6.45) is 1.77. The Hall–Kier alpha value is -3.09. The molecule has 0 aliphatic rings. The van der Waals surface area contributed by atoms with Crippen LogP contribution in [0.4, 0.5) is 5.69 Å². The van der Waals surface area contributed by atoms with Crippen molar-refractivity contribution in [1.82, 2.24) is 19.6 Å². The predicted octanol–water partition coefficient (Wildman–Crippen LogP) is 2.85. The highest BCUT2D eigenvalue weighted by Gasteiger charge is 2.11. The molecule has 0 radical (unpaired) electrons. The van der Waals surface area contributed by atoms with Gasteiger partial charge in [0.05, 0.1) is 12.3 Å². The van der Waals surface area contributed by atoms with Gasteiger partial charge in [0.2, 0.25) is 0 Å². The molecule has 3 aromatic rings. The molecule has 0 aliphatic heterocycles. The second-order valence-electron chi connectivity index (χ2n) is 5.72. The van der Waals surface area contributed by atoms with Gasteiger partial charge in [-0.3, -0.25) is 9.48 Å². The van der Waals surface area contributed by atoms with Gasteiger partial charge in [-0.25, -0.2) is 4.68 Å². The van der Waals surface area contributed by atoms with Crippen LogP contribution < -0.4 is 10.1 Å². The number of benzene rings is 1. The highest BCUT2D eigenvalue weighted by atomic mass is 16.5. The second kappa shape index (κ2) is 7.21. The highest BCUT2D eigenvalue weighted by Crippen LogP contribution is 2.16. The van der Waals surface area contributed by atoms with Crippen LogP contribution in [0.15, 0.2) is 42.6 Å². The van der Waals surface area contributed by atoms with Crippen LogP contribution in [0.3, 0.4) is 0 Å². The first-order valence-electron chi connectivity index (χ1n) is 8.14. The maximum atomic E-state index is 12.3. The van der Waals surface area contributed by atoms with Gasteiger partial charge in [-0.1, -0.05) is 0 Å². The molecule has 0 unspecified atom stereocenters. The summed E-state index contributed by atoms with van der Waals surface area (Å²) >= 11 is 0. The molecule has 130 valence electrons. The Bertz CT molecular complexity index is 864. The van der Waals surface area contributed by atoms with Gasteiger partial charge in [0.15, 0.2) is 5.69 Å². The summed E-state index contributed by atoms with van der Waals surface area (Å²) < 4.78 is 8.92. The van der Waals surface area contributed by atoms with Crippen molar-refractivity contribution >= 4 is 11.6 Å². The number of carbonyl (C=O) groups is 1. The fourth-order valence-electron chi connectivity index (χ4n) is 2.51. The fraction of sp³-hybridized carbons (Fsp3) is 0.278. The topological polar surface area (TPSA) is 74.0 Å². The molecule has 0 atom stereocenters. The van der Waals surface area contributed by atoms with Crippen molar-refractivity contribution in [3.05, 3.63) is 59.7 Å². The number of amides is 1. The highest BCUT2D eigenvalue weighted by molar-refractivity contribution is 6.02. The standard InChI is InChI=1S/C18H21N5O2/c1-4-25-16-7-5-15(6-8-16)19-18(24)17-9-10-22(21-17)12-23-14(3)11-13(2)20-23/h5-11H,4,12H2,1-3H3,(H,19,24). The van der Waals surface area contributed by atoms with E-state index < -0.39 is 0 Å². The van der Waals surface area contributed by atoms with Crippen molar-refractivity contribution in [2.45, 2.75) is 27.4 Å². The summed E-state index contributed by atoms with van der Waals surface area (Å²) in [6.45, 7) is 6.94. The van der Waals surface area contributed by atoms with Gasteiger partial charge < -0.3 is 10.1 Å². The van der Waals surface area contributed by atoms with E-state index in [9.17, 15) is 4.79 Å². The SMILES string of the molecule is CCOc1ccc(NC(=O)c2ccn(Cn3nc(C)cc3C)n2)cc1. The quantitative estimate of drug-likeness (QED) is 0.749. The lowest BCUT2D eigenvalue weighted by Gasteiger charge is -2.06.